The number of carbonyl (C=O) groups excluding carboxylic acids is 7. The van der Waals surface area contributed by atoms with Crippen molar-refractivity contribution >= 4 is 94.3 Å². The third kappa shape index (κ3) is 12.5. The van der Waals surface area contributed by atoms with Crippen LogP contribution in [-0.4, -0.2) is 149 Å². The van der Waals surface area contributed by atoms with Crippen LogP contribution in [0.5, 0.6) is 0 Å². The summed E-state index contributed by atoms with van der Waals surface area (Å²) in [7, 11) is 1.23. The van der Waals surface area contributed by atoms with Crippen molar-refractivity contribution in [3.63, 3.8) is 0 Å². The van der Waals surface area contributed by atoms with Gasteiger partial charge in [-0.05, 0) is 45.6 Å². The van der Waals surface area contributed by atoms with E-state index in [-0.39, 0.29) is 40.8 Å². The Hall–Kier alpha value is -5.07. The van der Waals surface area contributed by atoms with Crippen LogP contribution in [-0.2, 0) is 52.7 Å². The van der Waals surface area contributed by atoms with Crippen molar-refractivity contribution in [1.29, 1.82) is 0 Å². The molecule has 22 nitrogen and oxygen atoms in total. The molecule has 0 aromatic heterocycles. The molecule has 1 fully saturated rings. The van der Waals surface area contributed by atoms with Crippen molar-refractivity contribution in [3.8, 4) is 0 Å². The molecule has 312 valence electrons. The Morgan fingerprint density at radius 2 is 1.41 bits per heavy atom. The second-order valence-corrected chi connectivity index (χ2v) is 14.6. The molecule has 1 saturated heterocycles. The number of likely N-dealkylation sites (N-methyl/N-ethyl adjacent to an activating group) is 1. The molecule has 1 aliphatic rings. The van der Waals surface area contributed by atoms with Crippen LogP contribution in [0, 0.1) is 11.3 Å². The van der Waals surface area contributed by atoms with Crippen molar-refractivity contribution in [2.75, 3.05) is 13.6 Å². The van der Waals surface area contributed by atoms with E-state index < -0.39 is 126 Å². The lowest BCUT2D eigenvalue weighted by molar-refractivity contribution is -0.178. The van der Waals surface area contributed by atoms with Crippen LogP contribution in [0.25, 0.3) is 0 Å². The third-order valence-electron chi connectivity index (χ3n) is 8.62. The molecule has 6 unspecified atom stereocenters. The van der Waals surface area contributed by atoms with E-state index in [9.17, 15) is 68.1 Å². The number of carboxylic acid groups (broad SMARTS) is 4. The van der Waals surface area contributed by atoms with Gasteiger partial charge in [-0.1, -0.05) is 26.1 Å². The molecular weight excluding hydrogens is 787 g/mol. The Bertz CT molecular complexity index is 1590. The number of likely N-dealkylation sites (tertiary alicyclic amines) is 1. The quantitative estimate of drug-likeness (QED) is 0.0314. The molecule has 56 heavy (non-hydrogen) atoms. The highest BCUT2D eigenvalue weighted by molar-refractivity contribution is 8.11. The first-order valence-corrected chi connectivity index (χ1v) is 17.9. The zero-order chi connectivity index (χ0) is 43.4. The maximum absolute atomic E-state index is 14.3. The number of rotatable bonds is 21. The second kappa shape index (κ2) is 21.3. The topological polar surface area (TPSA) is 349 Å². The average molecular weight is 834 g/mol. The Balaban J connectivity index is 3.85. The molecule has 0 aromatic rings. The van der Waals surface area contributed by atoms with Crippen molar-refractivity contribution in [1.82, 2.24) is 31.1 Å². The van der Waals surface area contributed by atoms with Gasteiger partial charge in [0.15, 0.2) is 0 Å². The smallest absolute Gasteiger partial charge is 0.332 e. The van der Waals surface area contributed by atoms with Gasteiger partial charge in [0.1, 0.15) is 30.2 Å². The van der Waals surface area contributed by atoms with Gasteiger partial charge in [0.05, 0.1) is 10.2 Å². The first-order chi connectivity index (χ1) is 25.8. The lowest BCUT2D eigenvalue weighted by Crippen LogP contribution is -2.63. The van der Waals surface area contributed by atoms with Gasteiger partial charge in [-0.3, -0.25) is 52.7 Å². The number of hydrogen-bond donors (Lipinski definition) is 10. The molecule has 0 spiro atoms. The standard InChI is InChI=1S/C32H47N7O15S2/c1-13(2)11-17(36-22(43)14(3)35-15(4)40)23(44)37-18(12-32(29(49)50,30(51)52)31(53)54)25(46)38-10-6-7-19(38)26(47)39(27(48)21(34-5)28(55)56)24(45)16(33)8-9-20(41)42/h13-14,16-19,21,34H,6-12,33H2,1-5H3,(H,35,40)(H,36,43)(H,37,44)(H,41,42)(H,49,50)(H,51,52)(H,53,54)(H,55,56). The van der Waals surface area contributed by atoms with Crippen LogP contribution in [0.15, 0.2) is 0 Å². The number of nitrogens with two attached hydrogens (primary N) is 1. The van der Waals surface area contributed by atoms with Gasteiger partial charge in [-0.15, -0.1) is 12.6 Å². The van der Waals surface area contributed by atoms with Gasteiger partial charge in [-0.25, -0.2) is 4.90 Å². The van der Waals surface area contributed by atoms with Crippen LogP contribution < -0.4 is 27.0 Å². The number of carboxylic acids is 4. The highest BCUT2D eigenvalue weighted by Gasteiger charge is 2.58. The first-order valence-electron chi connectivity index (χ1n) is 17.0. The maximum atomic E-state index is 14.3. The molecule has 1 rings (SSSR count). The molecule has 1 heterocycles. The van der Waals surface area contributed by atoms with Gasteiger partial charge < -0.3 is 52.3 Å². The highest BCUT2D eigenvalue weighted by atomic mass is 32.1. The number of hydrogen-bond acceptors (Lipinski definition) is 14. The van der Waals surface area contributed by atoms with Crippen LogP contribution in [0.2, 0.25) is 0 Å². The van der Waals surface area contributed by atoms with E-state index in [0.29, 0.717) is 4.90 Å². The number of thiol groups is 1. The number of nitrogens with zero attached hydrogens (tertiary/aromatic N) is 2. The summed E-state index contributed by atoms with van der Waals surface area (Å²) in [6.45, 7) is 5.31. The van der Waals surface area contributed by atoms with E-state index in [1.165, 1.54) is 14.0 Å². The van der Waals surface area contributed by atoms with Gasteiger partial charge in [0, 0.05) is 26.3 Å². The lowest BCUT2D eigenvalue weighted by atomic mass is 9.81. The number of carbonyl (C=O) groups is 11. The number of imide groups is 3. The summed E-state index contributed by atoms with van der Waals surface area (Å²) in [6, 6.07) is -10.1. The molecule has 0 aliphatic carbocycles. The molecule has 0 radical (unpaired) electrons. The largest absolute Gasteiger partial charge is 0.481 e. The third-order valence-corrected chi connectivity index (χ3v) is 9.12. The molecule has 1 aliphatic heterocycles. The van der Waals surface area contributed by atoms with E-state index in [1.807, 2.05) is 0 Å². The molecule has 7 amide bonds. The number of nitrogens with one attached hydrogen (secondary N) is 4. The van der Waals surface area contributed by atoms with Crippen LogP contribution >= 0.6 is 24.8 Å². The van der Waals surface area contributed by atoms with E-state index in [0.717, 1.165) is 6.92 Å². The maximum Gasteiger partial charge on any atom is 0.332 e. The van der Waals surface area contributed by atoms with Crippen LogP contribution in [0.3, 0.4) is 0 Å². The fourth-order valence-corrected chi connectivity index (χ4v) is 6.16. The molecule has 0 bridgehead atoms. The molecule has 10 N–H and O–H groups in total. The summed E-state index contributed by atoms with van der Waals surface area (Å²) in [6.07, 6.45) is -3.28. The number of aliphatic carboxylic acids is 4. The van der Waals surface area contributed by atoms with Crippen molar-refractivity contribution in [3.05, 3.63) is 0 Å². The Kier molecular flexibility index (Phi) is 18.6. The Morgan fingerprint density at radius 1 is 0.875 bits per heavy atom. The number of thiocarbonyl (C=S) groups is 1. The van der Waals surface area contributed by atoms with Crippen LogP contribution in [0.4, 0.5) is 0 Å². The molecule has 0 aromatic carbocycles. The summed E-state index contributed by atoms with van der Waals surface area (Å²) < 4.78 is -0.341. The van der Waals surface area contributed by atoms with E-state index >= 15 is 0 Å². The zero-order valence-corrected chi connectivity index (χ0v) is 32.8. The molecule has 24 heteroatoms. The molecular formula is C32H47N7O15S2. The molecule has 6 atom stereocenters. The molecule has 0 saturated carbocycles. The Morgan fingerprint density at radius 3 is 1.86 bits per heavy atom. The minimum Gasteiger partial charge on any atom is -0.481 e. The highest BCUT2D eigenvalue weighted by Crippen LogP contribution is 2.29. The van der Waals surface area contributed by atoms with Gasteiger partial charge in [-0.2, -0.15) is 0 Å². The second-order valence-electron chi connectivity index (χ2n) is 13.3. The van der Waals surface area contributed by atoms with Gasteiger partial charge in [0.2, 0.25) is 23.6 Å². The predicted octanol–water partition coefficient (Wildman–Crippen LogP) is -2.93. The fourth-order valence-electron chi connectivity index (χ4n) is 5.70. The summed E-state index contributed by atoms with van der Waals surface area (Å²) in [5.74, 6) is -17.2. The van der Waals surface area contributed by atoms with E-state index in [1.54, 1.807) is 13.8 Å². The van der Waals surface area contributed by atoms with Crippen molar-refractivity contribution in [2.45, 2.75) is 102 Å². The van der Waals surface area contributed by atoms with E-state index in [4.69, 9.17) is 23.1 Å². The minimum atomic E-state index is -3.76. The minimum absolute atomic E-state index is 0.0282. The summed E-state index contributed by atoms with van der Waals surface area (Å²) in [4.78, 5) is 142. The zero-order valence-electron chi connectivity index (χ0n) is 31.1. The average Bonchev–Trinajstić information content (AvgIpc) is 3.57. The summed E-state index contributed by atoms with van der Waals surface area (Å²) in [5, 5.41) is 47.9. The fraction of sp³-hybridized carbons (Fsp3) is 0.625. The van der Waals surface area contributed by atoms with Crippen LogP contribution in [0.1, 0.15) is 66.2 Å². The predicted molar refractivity (Wildman–Crippen MR) is 197 cm³/mol. The van der Waals surface area contributed by atoms with E-state index in [2.05, 4.69) is 33.9 Å². The lowest BCUT2D eigenvalue weighted by Gasteiger charge is -2.34. The summed E-state index contributed by atoms with van der Waals surface area (Å²) in [5.41, 5.74) is 2.11. The SMILES string of the molecule is CNC(C(=O)N(C(=O)C(N)CCC(=O)O)C(=O)C1CCCN1C(=O)C(CC(C(=O)O)(C(=O)O)C(=O)O)NC(=O)C(CC(C)C)NC(=O)C(C)NC(C)=O)C(=S)S. The number of amides is 7. The van der Waals surface area contributed by atoms with Gasteiger partial charge in [0.25, 0.3) is 23.1 Å². The van der Waals surface area contributed by atoms with Crippen molar-refractivity contribution < 1.29 is 73.2 Å². The Labute approximate surface area is 331 Å². The first kappa shape index (κ1) is 48.9. The van der Waals surface area contributed by atoms with Gasteiger partial charge >= 0.3 is 23.9 Å². The normalized spacial score (nSPS) is 16.6. The summed E-state index contributed by atoms with van der Waals surface area (Å²) >= 11 is 8.91. The monoisotopic (exact) mass is 833 g/mol. The van der Waals surface area contributed by atoms with Crippen molar-refractivity contribution in [2.24, 2.45) is 17.1 Å².